The first-order valence-electron chi connectivity index (χ1n) is 5.14. The fourth-order valence-electron chi connectivity index (χ4n) is 1.94. The lowest BCUT2D eigenvalue weighted by molar-refractivity contribution is -0.117. The van der Waals surface area contributed by atoms with Crippen LogP contribution in [0.15, 0.2) is 18.2 Å². The molecule has 0 aromatic heterocycles. The third-order valence-electron chi connectivity index (χ3n) is 2.66. The summed E-state index contributed by atoms with van der Waals surface area (Å²) >= 11 is 0. The zero-order valence-corrected chi connectivity index (χ0v) is 8.79. The van der Waals surface area contributed by atoms with Crippen molar-refractivity contribution in [1.82, 2.24) is 0 Å². The molecular formula is C11H15N3O. The molecule has 4 nitrogen and oxygen atoms in total. The first-order chi connectivity index (χ1) is 7.27. The van der Waals surface area contributed by atoms with Crippen molar-refractivity contribution >= 4 is 17.3 Å². The van der Waals surface area contributed by atoms with Crippen molar-refractivity contribution in [2.45, 2.75) is 13.5 Å². The van der Waals surface area contributed by atoms with E-state index < -0.39 is 0 Å². The molecule has 4 heteroatoms. The van der Waals surface area contributed by atoms with Crippen LogP contribution in [0.1, 0.15) is 12.5 Å². The highest BCUT2D eigenvalue weighted by Crippen LogP contribution is 2.32. The Labute approximate surface area is 89.1 Å². The van der Waals surface area contributed by atoms with E-state index in [9.17, 15) is 4.79 Å². The number of hydrogen-bond acceptors (Lipinski definition) is 3. The number of fused-ring (bicyclic) bond motifs is 1. The van der Waals surface area contributed by atoms with Crippen LogP contribution in [0.3, 0.4) is 0 Å². The number of carbonyl (C=O) groups excluding carboxylic acids is 1. The SMILES string of the molecule is CCN1C(=O)CNc2cccc(CN)c21. The third-order valence-corrected chi connectivity index (χ3v) is 2.66. The van der Waals surface area contributed by atoms with Crippen LogP contribution in [0.2, 0.25) is 0 Å². The Kier molecular flexibility index (Phi) is 2.60. The fourth-order valence-corrected chi connectivity index (χ4v) is 1.94. The van der Waals surface area contributed by atoms with Gasteiger partial charge >= 0.3 is 0 Å². The van der Waals surface area contributed by atoms with Crippen LogP contribution in [-0.4, -0.2) is 19.0 Å². The Bertz CT molecular complexity index is 375. The van der Waals surface area contributed by atoms with E-state index in [0.717, 1.165) is 16.9 Å². The normalized spacial score (nSPS) is 14.8. The molecule has 1 aliphatic rings. The highest BCUT2D eigenvalue weighted by atomic mass is 16.2. The molecule has 1 amide bonds. The van der Waals surface area contributed by atoms with Crippen LogP contribution in [0, 0.1) is 0 Å². The van der Waals surface area contributed by atoms with E-state index in [1.807, 2.05) is 25.1 Å². The van der Waals surface area contributed by atoms with E-state index in [1.165, 1.54) is 0 Å². The number of nitrogens with two attached hydrogens (primary N) is 1. The molecule has 3 N–H and O–H groups in total. The molecule has 0 saturated heterocycles. The maximum atomic E-state index is 11.7. The van der Waals surface area contributed by atoms with Crippen molar-refractivity contribution in [1.29, 1.82) is 0 Å². The molecule has 0 fully saturated rings. The molecule has 0 spiro atoms. The quantitative estimate of drug-likeness (QED) is 0.755. The largest absolute Gasteiger partial charge is 0.374 e. The van der Waals surface area contributed by atoms with Gasteiger partial charge in [0.2, 0.25) is 5.91 Å². The van der Waals surface area contributed by atoms with Crippen LogP contribution in [0.4, 0.5) is 11.4 Å². The number of likely N-dealkylation sites (N-methyl/N-ethyl adjacent to an activating group) is 1. The Balaban J connectivity index is 2.54. The molecule has 0 saturated carbocycles. The number of rotatable bonds is 2. The van der Waals surface area contributed by atoms with Gasteiger partial charge in [-0.15, -0.1) is 0 Å². The molecule has 0 bridgehead atoms. The van der Waals surface area contributed by atoms with Gasteiger partial charge in [-0.05, 0) is 18.6 Å². The number of nitrogens with one attached hydrogen (secondary N) is 1. The van der Waals surface area contributed by atoms with Gasteiger partial charge in [0.1, 0.15) is 0 Å². The summed E-state index contributed by atoms with van der Waals surface area (Å²) in [6.45, 7) is 3.48. The topological polar surface area (TPSA) is 58.4 Å². The Morgan fingerprint density at radius 1 is 1.53 bits per heavy atom. The zero-order chi connectivity index (χ0) is 10.8. The number of carbonyl (C=O) groups is 1. The van der Waals surface area contributed by atoms with E-state index in [0.29, 0.717) is 19.6 Å². The van der Waals surface area contributed by atoms with Crippen LogP contribution in [0.25, 0.3) is 0 Å². The smallest absolute Gasteiger partial charge is 0.246 e. The summed E-state index contributed by atoms with van der Waals surface area (Å²) < 4.78 is 0. The molecule has 0 radical (unpaired) electrons. The predicted molar refractivity (Wildman–Crippen MR) is 60.9 cm³/mol. The Morgan fingerprint density at radius 3 is 3.00 bits per heavy atom. The number of hydrogen-bond donors (Lipinski definition) is 2. The number of amides is 1. The van der Waals surface area contributed by atoms with Crippen molar-refractivity contribution in [2.75, 3.05) is 23.3 Å². The molecule has 1 aromatic rings. The lowest BCUT2D eigenvalue weighted by atomic mass is 10.1. The van der Waals surface area contributed by atoms with Gasteiger partial charge in [-0.25, -0.2) is 0 Å². The maximum absolute atomic E-state index is 11.7. The number of anilines is 2. The van der Waals surface area contributed by atoms with Gasteiger partial charge in [-0.2, -0.15) is 0 Å². The Hall–Kier alpha value is -1.55. The molecule has 2 rings (SSSR count). The molecule has 1 aromatic carbocycles. The van der Waals surface area contributed by atoms with Gasteiger partial charge < -0.3 is 16.0 Å². The first kappa shape index (κ1) is 9.98. The molecule has 1 heterocycles. The summed E-state index contributed by atoms with van der Waals surface area (Å²) in [4.78, 5) is 13.5. The summed E-state index contributed by atoms with van der Waals surface area (Å²) in [6, 6.07) is 5.89. The van der Waals surface area contributed by atoms with Gasteiger partial charge in [0.05, 0.1) is 17.9 Å². The minimum atomic E-state index is 0.103. The van der Waals surface area contributed by atoms with Crippen LogP contribution >= 0.6 is 0 Å². The minimum Gasteiger partial charge on any atom is -0.374 e. The maximum Gasteiger partial charge on any atom is 0.246 e. The lowest BCUT2D eigenvalue weighted by Gasteiger charge is -2.31. The lowest BCUT2D eigenvalue weighted by Crippen LogP contribution is -2.40. The van der Waals surface area contributed by atoms with Crippen molar-refractivity contribution in [3.63, 3.8) is 0 Å². The van der Waals surface area contributed by atoms with Gasteiger partial charge in [-0.3, -0.25) is 4.79 Å². The molecule has 15 heavy (non-hydrogen) atoms. The summed E-state index contributed by atoms with van der Waals surface area (Å²) in [5.41, 5.74) is 8.62. The standard InChI is InChI=1S/C11H15N3O/c1-2-14-10(15)7-13-9-5-3-4-8(6-12)11(9)14/h3-5,13H,2,6-7,12H2,1H3. The monoisotopic (exact) mass is 205 g/mol. The Morgan fingerprint density at radius 2 is 2.33 bits per heavy atom. The number of para-hydroxylation sites is 1. The van der Waals surface area contributed by atoms with Crippen molar-refractivity contribution < 1.29 is 4.79 Å². The van der Waals surface area contributed by atoms with Crippen LogP contribution in [-0.2, 0) is 11.3 Å². The van der Waals surface area contributed by atoms with Gasteiger partial charge in [0, 0.05) is 13.1 Å². The van der Waals surface area contributed by atoms with Crippen molar-refractivity contribution in [3.8, 4) is 0 Å². The first-order valence-corrected chi connectivity index (χ1v) is 5.14. The average Bonchev–Trinajstić information content (AvgIpc) is 2.28. The predicted octanol–water partition coefficient (Wildman–Crippen LogP) is 0.924. The van der Waals surface area contributed by atoms with Gasteiger partial charge in [-0.1, -0.05) is 12.1 Å². The van der Waals surface area contributed by atoms with E-state index >= 15 is 0 Å². The number of benzene rings is 1. The van der Waals surface area contributed by atoms with E-state index in [1.54, 1.807) is 4.90 Å². The van der Waals surface area contributed by atoms with E-state index in [2.05, 4.69) is 5.32 Å². The fraction of sp³-hybridized carbons (Fsp3) is 0.364. The molecular weight excluding hydrogens is 190 g/mol. The molecule has 0 aliphatic carbocycles. The molecule has 0 atom stereocenters. The third kappa shape index (κ3) is 1.57. The summed E-state index contributed by atoms with van der Waals surface area (Å²) in [5.74, 6) is 0.103. The van der Waals surface area contributed by atoms with Crippen molar-refractivity contribution in [3.05, 3.63) is 23.8 Å². The zero-order valence-electron chi connectivity index (χ0n) is 8.79. The highest BCUT2D eigenvalue weighted by Gasteiger charge is 2.24. The average molecular weight is 205 g/mol. The van der Waals surface area contributed by atoms with Crippen LogP contribution < -0.4 is 16.0 Å². The second-order valence-electron chi connectivity index (χ2n) is 3.51. The molecule has 0 unspecified atom stereocenters. The van der Waals surface area contributed by atoms with E-state index in [4.69, 9.17) is 5.73 Å². The molecule has 80 valence electrons. The van der Waals surface area contributed by atoms with E-state index in [-0.39, 0.29) is 5.91 Å². The second-order valence-corrected chi connectivity index (χ2v) is 3.51. The van der Waals surface area contributed by atoms with Crippen LogP contribution in [0.5, 0.6) is 0 Å². The van der Waals surface area contributed by atoms with Gasteiger partial charge in [0.15, 0.2) is 0 Å². The number of nitrogens with zero attached hydrogens (tertiary/aromatic N) is 1. The second kappa shape index (κ2) is 3.90. The summed E-state index contributed by atoms with van der Waals surface area (Å²) in [6.07, 6.45) is 0. The van der Waals surface area contributed by atoms with Crippen molar-refractivity contribution in [2.24, 2.45) is 5.73 Å². The summed E-state index contributed by atoms with van der Waals surface area (Å²) in [5, 5.41) is 3.10. The highest BCUT2D eigenvalue weighted by molar-refractivity contribution is 6.03. The summed E-state index contributed by atoms with van der Waals surface area (Å²) in [7, 11) is 0. The van der Waals surface area contributed by atoms with Gasteiger partial charge in [0.25, 0.3) is 0 Å². The molecule has 1 aliphatic heterocycles. The minimum absolute atomic E-state index is 0.103.